The van der Waals surface area contributed by atoms with Crippen molar-refractivity contribution in [3.63, 3.8) is 0 Å². The highest BCUT2D eigenvalue weighted by Gasteiger charge is 2.39. The van der Waals surface area contributed by atoms with Gasteiger partial charge in [0.25, 0.3) is 0 Å². The largest absolute Gasteiger partial charge is 0.495 e. The summed E-state index contributed by atoms with van der Waals surface area (Å²) in [4.78, 5) is 0. The third-order valence-electron chi connectivity index (χ3n) is 5.39. The van der Waals surface area contributed by atoms with E-state index in [1.54, 1.807) is 18.2 Å². The summed E-state index contributed by atoms with van der Waals surface area (Å²) in [6, 6.07) is 6.94. The Kier molecular flexibility index (Phi) is 11.8. The second-order valence-corrected chi connectivity index (χ2v) is 8.75. The summed E-state index contributed by atoms with van der Waals surface area (Å²) in [6.07, 6.45) is 0.240. The molecule has 2 atom stereocenters. The van der Waals surface area contributed by atoms with E-state index in [0.29, 0.717) is 33.0 Å². The maximum Gasteiger partial charge on any atom is 0.495 e. The SMILES string of the molecule is C.CC[C@H]1OB(O)c2c(OCCO)ccc(Br)c21.NC[C@H]1OB(O)c2c(OCCO)ccc(Cl)c21. The van der Waals surface area contributed by atoms with E-state index in [-0.39, 0.29) is 46.5 Å². The lowest BCUT2D eigenvalue weighted by molar-refractivity contribution is 0.186. The normalized spacial score (nSPS) is 17.8. The maximum absolute atomic E-state index is 9.90. The molecule has 2 heterocycles. The first kappa shape index (κ1) is 29.9. The lowest BCUT2D eigenvalue weighted by atomic mass is 9.78. The zero-order chi connectivity index (χ0) is 24.8. The fourth-order valence-corrected chi connectivity index (χ4v) is 4.85. The Hall–Kier alpha value is -1.34. The topological polar surface area (TPSA) is 144 Å². The van der Waals surface area contributed by atoms with Gasteiger partial charge in [-0.05, 0) is 36.2 Å². The van der Waals surface area contributed by atoms with Crippen LogP contribution in [0.4, 0.5) is 0 Å². The Morgan fingerprint density at radius 1 is 0.943 bits per heavy atom. The molecule has 192 valence electrons. The molecule has 0 saturated heterocycles. The molecule has 13 heteroatoms. The van der Waals surface area contributed by atoms with E-state index in [4.69, 9.17) is 46.3 Å². The lowest BCUT2D eigenvalue weighted by Crippen LogP contribution is -2.30. The van der Waals surface area contributed by atoms with Gasteiger partial charge in [-0.2, -0.15) is 0 Å². The average Bonchev–Trinajstić information content (AvgIpc) is 3.37. The molecule has 0 saturated carbocycles. The second kappa shape index (κ2) is 13.8. The van der Waals surface area contributed by atoms with E-state index in [0.717, 1.165) is 16.5 Å². The third kappa shape index (κ3) is 6.51. The molecule has 2 aromatic carbocycles. The molecule has 2 aromatic rings. The molecule has 0 fully saturated rings. The summed E-state index contributed by atoms with van der Waals surface area (Å²) in [5.41, 5.74) is 8.33. The van der Waals surface area contributed by atoms with Crippen LogP contribution in [0.3, 0.4) is 0 Å². The number of aliphatic hydroxyl groups excluding tert-OH is 2. The Labute approximate surface area is 219 Å². The summed E-state index contributed by atoms with van der Waals surface area (Å²) in [5, 5.41) is 37.7. The lowest BCUT2D eigenvalue weighted by Gasteiger charge is -2.13. The van der Waals surface area contributed by atoms with Crippen LogP contribution >= 0.6 is 27.5 Å². The van der Waals surface area contributed by atoms with Crippen LogP contribution in [0.1, 0.15) is 44.1 Å². The summed E-state index contributed by atoms with van der Waals surface area (Å²) >= 11 is 9.53. The highest BCUT2D eigenvalue weighted by Crippen LogP contribution is 2.35. The van der Waals surface area contributed by atoms with Gasteiger partial charge in [0.05, 0.1) is 25.4 Å². The van der Waals surface area contributed by atoms with E-state index in [1.165, 1.54) is 0 Å². The number of hydrogen-bond donors (Lipinski definition) is 5. The van der Waals surface area contributed by atoms with Gasteiger partial charge in [-0.1, -0.05) is 41.9 Å². The number of rotatable bonds is 8. The summed E-state index contributed by atoms with van der Waals surface area (Å²) in [5.74, 6) is 1.03. The van der Waals surface area contributed by atoms with Crippen LogP contribution in [-0.2, 0) is 9.31 Å². The van der Waals surface area contributed by atoms with Crippen molar-refractivity contribution in [3.8, 4) is 11.5 Å². The molecule has 0 radical (unpaired) electrons. The van der Waals surface area contributed by atoms with Crippen molar-refractivity contribution in [3.05, 3.63) is 44.9 Å². The van der Waals surface area contributed by atoms with Crippen molar-refractivity contribution in [1.82, 2.24) is 0 Å². The monoisotopic (exact) mass is 573 g/mol. The Balaban J connectivity index is 0.000000240. The number of fused-ring (bicyclic) bond motifs is 2. The smallest absolute Gasteiger partial charge is 0.492 e. The van der Waals surface area contributed by atoms with Crippen molar-refractivity contribution < 1.29 is 39.0 Å². The number of aliphatic hydroxyl groups is 2. The van der Waals surface area contributed by atoms with Gasteiger partial charge in [-0.15, -0.1) is 0 Å². The fourth-order valence-electron chi connectivity index (χ4n) is 3.96. The quantitative estimate of drug-likeness (QED) is 0.293. The molecule has 0 bridgehead atoms. The van der Waals surface area contributed by atoms with Crippen LogP contribution < -0.4 is 26.1 Å². The van der Waals surface area contributed by atoms with Gasteiger partial charge in [0.15, 0.2) is 0 Å². The third-order valence-corrected chi connectivity index (χ3v) is 6.42. The second-order valence-electron chi connectivity index (χ2n) is 7.49. The summed E-state index contributed by atoms with van der Waals surface area (Å²) < 4.78 is 22.4. The standard InChI is InChI=1S/C11H14BBrO4.C10H13BClNO4.CH4/c1-2-8-10-7(13)3-4-9(16-6-5-14)11(10)12(15)17-8;12-6-1-2-7(16-4-3-14)10-9(6)8(5-13)17-11(10)15;/h3-4,8,14-15H,2,5-6H2,1H3;1-2,8,14-15H,3-5,13H2;1H4/t2*8-;/m11./s1. The average molecular weight is 574 g/mol. The molecule has 0 spiro atoms. The van der Waals surface area contributed by atoms with E-state index in [9.17, 15) is 10.0 Å². The van der Waals surface area contributed by atoms with E-state index in [2.05, 4.69) is 15.9 Å². The van der Waals surface area contributed by atoms with Gasteiger partial charge >= 0.3 is 14.2 Å². The van der Waals surface area contributed by atoms with Gasteiger partial charge in [-0.3, -0.25) is 0 Å². The predicted molar refractivity (Wildman–Crippen MR) is 140 cm³/mol. The fraction of sp³-hybridized carbons (Fsp3) is 0.455. The molecular weight excluding hydrogens is 543 g/mol. The molecule has 0 amide bonds. The Bertz CT molecular complexity index is 911. The van der Waals surface area contributed by atoms with Gasteiger partial charge in [0.2, 0.25) is 0 Å². The molecule has 0 aliphatic carbocycles. The van der Waals surface area contributed by atoms with Crippen LogP contribution in [-0.4, -0.2) is 67.5 Å². The van der Waals surface area contributed by atoms with E-state index >= 15 is 0 Å². The molecule has 4 rings (SSSR count). The number of nitrogens with two attached hydrogens (primary N) is 1. The van der Waals surface area contributed by atoms with Crippen molar-refractivity contribution in [2.24, 2.45) is 5.73 Å². The first-order valence-corrected chi connectivity index (χ1v) is 12.0. The molecule has 9 nitrogen and oxygen atoms in total. The van der Waals surface area contributed by atoms with Crippen molar-refractivity contribution in [2.45, 2.75) is 33.0 Å². The van der Waals surface area contributed by atoms with Crippen LogP contribution in [0.5, 0.6) is 11.5 Å². The molecule has 0 unspecified atom stereocenters. The number of benzene rings is 2. The van der Waals surface area contributed by atoms with Gasteiger partial charge in [0.1, 0.15) is 24.7 Å². The molecular formula is C22H31B2BrClNO8. The zero-order valence-corrected chi connectivity index (χ0v) is 21.0. The molecule has 2 aliphatic heterocycles. The minimum atomic E-state index is -1.09. The summed E-state index contributed by atoms with van der Waals surface area (Å²) in [7, 11) is -2.05. The number of hydrogen-bond acceptors (Lipinski definition) is 9. The van der Waals surface area contributed by atoms with Crippen LogP contribution in [0.25, 0.3) is 0 Å². The van der Waals surface area contributed by atoms with Gasteiger partial charge in [-0.25, -0.2) is 0 Å². The molecule has 2 aliphatic rings. The Morgan fingerprint density at radius 2 is 1.46 bits per heavy atom. The molecule has 6 N–H and O–H groups in total. The van der Waals surface area contributed by atoms with Crippen molar-refractivity contribution >= 4 is 52.7 Å². The molecule has 35 heavy (non-hydrogen) atoms. The van der Waals surface area contributed by atoms with E-state index in [1.807, 2.05) is 13.0 Å². The van der Waals surface area contributed by atoms with Crippen molar-refractivity contribution in [1.29, 1.82) is 0 Å². The minimum Gasteiger partial charge on any atom is -0.492 e. The maximum atomic E-state index is 9.90. The predicted octanol–water partition coefficient (Wildman–Crippen LogP) is 1.05. The van der Waals surface area contributed by atoms with E-state index < -0.39 is 20.3 Å². The zero-order valence-electron chi connectivity index (χ0n) is 18.6. The Morgan fingerprint density at radius 3 is 1.97 bits per heavy atom. The minimum absolute atomic E-state index is 0. The highest BCUT2D eigenvalue weighted by atomic mass is 79.9. The number of halogens is 2. The highest BCUT2D eigenvalue weighted by molar-refractivity contribution is 9.10. The number of ether oxygens (including phenoxy) is 2. The van der Waals surface area contributed by atoms with Crippen molar-refractivity contribution in [2.75, 3.05) is 33.0 Å². The van der Waals surface area contributed by atoms with Crippen LogP contribution in [0, 0.1) is 0 Å². The molecule has 0 aromatic heterocycles. The van der Waals surface area contributed by atoms with Crippen LogP contribution in [0.15, 0.2) is 28.7 Å². The van der Waals surface area contributed by atoms with Gasteiger partial charge in [0, 0.05) is 32.5 Å². The summed E-state index contributed by atoms with van der Waals surface area (Å²) in [6.45, 7) is 2.42. The van der Waals surface area contributed by atoms with Crippen LogP contribution in [0.2, 0.25) is 5.02 Å². The first-order chi connectivity index (χ1) is 16.4. The van der Waals surface area contributed by atoms with Gasteiger partial charge < -0.3 is 44.8 Å². The first-order valence-electron chi connectivity index (χ1n) is 10.9.